The van der Waals surface area contributed by atoms with Gasteiger partial charge in [-0.15, -0.1) is 11.3 Å². The zero-order valence-corrected chi connectivity index (χ0v) is 16.9. The highest BCUT2D eigenvalue weighted by Gasteiger charge is 2.22. The average molecular weight is 384 g/mol. The Balaban J connectivity index is 1.38. The van der Waals surface area contributed by atoms with Crippen molar-refractivity contribution in [3.8, 4) is 5.75 Å². The molecule has 1 aromatic carbocycles. The first kappa shape index (κ1) is 18.2. The Kier molecular flexibility index (Phi) is 5.02. The molecule has 0 spiro atoms. The molecule has 3 aromatic rings. The van der Waals surface area contributed by atoms with E-state index in [1.54, 1.807) is 10.5 Å². The third-order valence-corrected chi connectivity index (χ3v) is 6.34. The molecule has 4 rings (SSSR count). The van der Waals surface area contributed by atoms with Crippen molar-refractivity contribution in [2.45, 2.75) is 46.3 Å². The Labute approximate surface area is 163 Å². The van der Waals surface area contributed by atoms with E-state index in [4.69, 9.17) is 4.74 Å². The van der Waals surface area contributed by atoms with E-state index in [1.165, 1.54) is 22.5 Å². The van der Waals surface area contributed by atoms with E-state index in [2.05, 4.69) is 41.9 Å². The number of aromatic nitrogens is 2. The van der Waals surface area contributed by atoms with Gasteiger partial charge < -0.3 is 4.74 Å². The highest BCUT2D eigenvalue weighted by molar-refractivity contribution is 7.15. The van der Waals surface area contributed by atoms with Crippen LogP contribution in [0, 0.1) is 20.8 Å². The Hall–Kier alpha value is -2.18. The van der Waals surface area contributed by atoms with Crippen molar-refractivity contribution >= 4 is 16.3 Å². The molecule has 0 aliphatic carbocycles. The highest BCUT2D eigenvalue weighted by atomic mass is 32.1. The summed E-state index contributed by atoms with van der Waals surface area (Å²) in [5.74, 6) is 1.00. The Morgan fingerprint density at radius 1 is 1.22 bits per heavy atom. The lowest BCUT2D eigenvalue weighted by Gasteiger charge is -2.32. The fourth-order valence-electron chi connectivity index (χ4n) is 3.63. The molecule has 0 N–H and O–H groups in total. The largest absolute Gasteiger partial charge is 0.490 e. The number of fused-ring (bicyclic) bond motifs is 1. The fraction of sp³-hybridized carbons (Fsp3) is 0.429. The number of benzene rings is 1. The van der Waals surface area contributed by atoms with Crippen molar-refractivity contribution in [2.75, 3.05) is 13.1 Å². The molecule has 0 bridgehead atoms. The maximum absolute atomic E-state index is 12.3. The number of hydrogen-bond acceptors (Lipinski definition) is 5. The molecule has 6 heteroatoms. The van der Waals surface area contributed by atoms with Gasteiger partial charge in [-0.2, -0.15) is 0 Å². The summed E-state index contributed by atoms with van der Waals surface area (Å²) in [6, 6.07) is 7.90. The van der Waals surface area contributed by atoms with Crippen molar-refractivity contribution in [1.82, 2.24) is 14.3 Å². The molecule has 27 heavy (non-hydrogen) atoms. The van der Waals surface area contributed by atoms with Gasteiger partial charge in [0.25, 0.3) is 5.56 Å². The van der Waals surface area contributed by atoms with Crippen molar-refractivity contribution in [2.24, 2.45) is 0 Å². The molecule has 5 nitrogen and oxygen atoms in total. The summed E-state index contributed by atoms with van der Waals surface area (Å²) >= 11 is 1.52. The van der Waals surface area contributed by atoms with Crippen LogP contribution in [0.25, 0.3) is 4.96 Å². The summed E-state index contributed by atoms with van der Waals surface area (Å²) < 4.78 is 7.93. The standard InChI is InChI=1S/C21H25N3O2S/c1-14-5-4-6-19(16(14)3)26-18-7-9-23(10-8-18)12-17-11-20(25)24-15(2)13-27-21(24)22-17/h4-6,11,13,18H,7-10,12H2,1-3H3. The quantitative estimate of drug-likeness (QED) is 0.689. The van der Waals surface area contributed by atoms with Gasteiger partial charge in [-0.25, -0.2) is 4.98 Å². The van der Waals surface area contributed by atoms with Gasteiger partial charge in [0.05, 0.1) is 5.69 Å². The van der Waals surface area contributed by atoms with E-state index >= 15 is 0 Å². The zero-order valence-electron chi connectivity index (χ0n) is 16.1. The number of rotatable bonds is 4. The normalized spacial score (nSPS) is 16.1. The number of hydrogen-bond donors (Lipinski definition) is 0. The molecule has 1 aliphatic rings. The second kappa shape index (κ2) is 7.44. The molecular formula is C21H25N3O2S. The minimum Gasteiger partial charge on any atom is -0.490 e. The fourth-order valence-corrected chi connectivity index (χ4v) is 4.52. The van der Waals surface area contributed by atoms with E-state index in [1.807, 2.05) is 12.3 Å². The molecule has 0 unspecified atom stereocenters. The Bertz CT molecular complexity index is 1020. The Morgan fingerprint density at radius 2 is 2.00 bits per heavy atom. The number of likely N-dealkylation sites (tertiary alicyclic amines) is 1. The van der Waals surface area contributed by atoms with E-state index in [9.17, 15) is 4.79 Å². The SMILES string of the molecule is Cc1cccc(OC2CCN(Cc3cc(=O)n4c(C)csc4n3)CC2)c1C. The van der Waals surface area contributed by atoms with Crippen LogP contribution in [0.2, 0.25) is 0 Å². The third-order valence-electron chi connectivity index (χ3n) is 5.40. The summed E-state index contributed by atoms with van der Waals surface area (Å²) in [5.41, 5.74) is 4.31. The summed E-state index contributed by atoms with van der Waals surface area (Å²) in [7, 11) is 0. The minimum atomic E-state index is 0.0156. The second-order valence-corrected chi connectivity index (χ2v) is 8.21. The summed E-state index contributed by atoms with van der Waals surface area (Å²) in [6.07, 6.45) is 2.24. The van der Waals surface area contributed by atoms with Gasteiger partial charge in [0.1, 0.15) is 11.9 Å². The van der Waals surface area contributed by atoms with Crippen molar-refractivity contribution in [1.29, 1.82) is 0 Å². The monoisotopic (exact) mass is 383 g/mol. The average Bonchev–Trinajstić information content (AvgIpc) is 3.02. The van der Waals surface area contributed by atoms with Crippen LogP contribution in [0.3, 0.4) is 0 Å². The summed E-state index contributed by atoms with van der Waals surface area (Å²) in [6.45, 7) is 8.81. The molecule has 142 valence electrons. The van der Waals surface area contributed by atoms with Crippen LogP contribution in [-0.2, 0) is 6.54 Å². The molecule has 3 heterocycles. The number of thiazole rings is 1. The van der Waals surface area contributed by atoms with Gasteiger partial charge in [0, 0.05) is 36.8 Å². The van der Waals surface area contributed by atoms with Gasteiger partial charge >= 0.3 is 0 Å². The number of ether oxygens (including phenoxy) is 1. The topological polar surface area (TPSA) is 46.8 Å². The number of aryl methyl sites for hydroxylation is 2. The Morgan fingerprint density at radius 3 is 2.78 bits per heavy atom. The lowest BCUT2D eigenvalue weighted by atomic mass is 10.1. The van der Waals surface area contributed by atoms with Gasteiger partial charge in [-0.05, 0) is 50.8 Å². The molecule has 0 amide bonds. The molecular weight excluding hydrogens is 358 g/mol. The van der Waals surface area contributed by atoms with E-state index in [0.717, 1.165) is 54.6 Å². The minimum absolute atomic E-state index is 0.0156. The molecule has 0 saturated carbocycles. The predicted octanol–water partition coefficient (Wildman–Crippen LogP) is 3.72. The molecule has 1 saturated heterocycles. The van der Waals surface area contributed by atoms with E-state index in [0.29, 0.717) is 0 Å². The van der Waals surface area contributed by atoms with Crippen LogP contribution in [0.1, 0.15) is 35.4 Å². The first-order valence-electron chi connectivity index (χ1n) is 9.43. The lowest BCUT2D eigenvalue weighted by Crippen LogP contribution is -2.38. The van der Waals surface area contributed by atoms with Gasteiger partial charge in [-0.3, -0.25) is 14.1 Å². The van der Waals surface area contributed by atoms with Crippen LogP contribution >= 0.6 is 11.3 Å². The van der Waals surface area contributed by atoms with Crippen LogP contribution in [0.5, 0.6) is 5.75 Å². The lowest BCUT2D eigenvalue weighted by molar-refractivity contribution is 0.0955. The molecule has 1 fully saturated rings. The second-order valence-electron chi connectivity index (χ2n) is 7.37. The maximum atomic E-state index is 12.3. The van der Waals surface area contributed by atoms with Crippen LogP contribution in [0.4, 0.5) is 0 Å². The van der Waals surface area contributed by atoms with Crippen molar-refractivity contribution < 1.29 is 4.74 Å². The number of nitrogens with zero attached hydrogens (tertiary/aromatic N) is 3. The molecule has 0 radical (unpaired) electrons. The molecule has 1 aliphatic heterocycles. The van der Waals surface area contributed by atoms with E-state index < -0.39 is 0 Å². The third kappa shape index (κ3) is 3.77. The first-order valence-corrected chi connectivity index (χ1v) is 10.3. The van der Waals surface area contributed by atoms with Crippen molar-refractivity contribution in [3.63, 3.8) is 0 Å². The zero-order chi connectivity index (χ0) is 19.0. The van der Waals surface area contributed by atoms with Crippen LogP contribution < -0.4 is 10.3 Å². The molecule has 0 atom stereocenters. The summed E-state index contributed by atoms with van der Waals surface area (Å²) in [4.78, 5) is 20.1. The van der Waals surface area contributed by atoms with Gasteiger partial charge in [0.2, 0.25) is 0 Å². The first-order chi connectivity index (χ1) is 13.0. The number of piperidine rings is 1. The van der Waals surface area contributed by atoms with Crippen molar-refractivity contribution in [3.05, 3.63) is 62.5 Å². The molecule has 2 aromatic heterocycles. The summed E-state index contributed by atoms with van der Waals surface area (Å²) in [5, 5.41) is 1.98. The van der Waals surface area contributed by atoms with Crippen LogP contribution in [-0.4, -0.2) is 33.5 Å². The van der Waals surface area contributed by atoms with Gasteiger partial charge in [0.15, 0.2) is 4.96 Å². The van der Waals surface area contributed by atoms with E-state index in [-0.39, 0.29) is 11.7 Å². The van der Waals surface area contributed by atoms with Crippen LogP contribution in [0.15, 0.2) is 34.4 Å². The van der Waals surface area contributed by atoms with Gasteiger partial charge in [-0.1, -0.05) is 12.1 Å². The smallest absolute Gasteiger partial charge is 0.259 e. The highest BCUT2D eigenvalue weighted by Crippen LogP contribution is 2.25. The maximum Gasteiger partial charge on any atom is 0.259 e. The predicted molar refractivity (Wildman–Crippen MR) is 109 cm³/mol.